The largest absolute Gasteiger partial charge is 0.383 e. The molecule has 0 atom stereocenters. The number of benzene rings is 1. The van der Waals surface area contributed by atoms with Crippen molar-refractivity contribution in [1.82, 2.24) is 15.1 Å². The summed E-state index contributed by atoms with van der Waals surface area (Å²) in [6.45, 7) is 0. The van der Waals surface area contributed by atoms with Gasteiger partial charge in [0.1, 0.15) is 0 Å². The maximum atomic E-state index is 12.4. The van der Waals surface area contributed by atoms with Crippen molar-refractivity contribution in [2.24, 2.45) is 0 Å². The number of hydrogen-bond donors (Lipinski definition) is 1. The van der Waals surface area contributed by atoms with Crippen LogP contribution in [0.5, 0.6) is 0 Å². The van der Waals surface area contributed by atoms with Crippen molar-refractivity contribution >= 4 is 5.78 Å². The maximum Gasteiger partial charge on any atom is 0.219 e. The van der Waals surface area contributed by atoms with Crippen molar-refractivity contribution in [3.05, 3.63) is 64.2 Å². The molecule has 1 aromatic heterocycles. The first kappa shape index (κ1) is 15.2. The Kier molecular flexibility index (Phi) is 4.49. The van der Waals surface area contributed by atoms with Gasteiger partial charge in [-0.05, 0) is 17.7 Å². The lowest BCUT2D eigenvalue weighted by atomic mass is 10.0. The number of carbonyl (C=O) groups excluding carboxylic acids is 1. The van der Waals surface area contributed by atoms with Crippen molar-refractivity contribution in [1.29, 1.82) is 5.26 Å². The number of H-pyrrole nitrogens is 1. The zero-order valence-electron chi connectivity index (χ0n) is 12.2. The van der Waals surface area contributed by atoms with Crippen LogP contribution in [0.3, 0.4) is 0 Å². The maximum absolute atomic E-state index is 12.4. The third kappa shape index (κ3) is 3.27. The van der Waals surface area contributed by atoms with E-state index in [0.717, 1.165) is 0 Å². The molecule has 22 heavy (non-hydrogen) atoms. The quantitative estimate of drug-likeness (QED) is 0.682. The van der Waals surface area contributed by atoms with Crippen molar-refractivity contribution in [3.8, 4) is 17.2 Å². The Hall–Kier alpha value is -3.20. The fraction of sp³-hybridized carbons (Fsp3) is 0.125. The van der Waals surface area contributed by atoms with Crippen LogP contribution in [0.15, 0.2) is 47.5 Å². The number of nitriles is 1. The molecule has 0 radical (unpaired) electrons. The molecule has 2 rings (SSSR count). The molecule has 0 unspecified atom stereocenters. The molecule has 0 saturated heterocycles. The van der Waals surface area contributed by atoms with Crippen LogP contribution in [0.2, 0.25) is 0 Å². The smallest absolute Gasteiger partial charge is 0.219 e. The fourth-order valence-corrected chi connectivity index (χ4v) is 1.81. The van der Waals surface area contributed by atoms with Crippen LogP contribution in [0.4, 0.5) is 0 Å². The second-order valence-corrected chi connectivity index (χ2v) is 4.81. The van der Waals surface area contributed by atoms with Crippen LogP contribution in [-0.2, 0) is 0 Å². The minimum absolute atomic E-state index is 0.167. The van der Waals surface area contributed by atoms with Gasteiger partial charge in [0.25, 0.3) is 0 Å². The molecule has 0 amide bonds. The Balaban J connectivity index is 2.43. The Bertz CT molecular complexity index is 811. The van der Waals surface area contributed by atoms with Gasteiger partial charge in [-0.1, -0.05) is 12.1 Å². The van der Waals surface area contributed by atoms with Crippen molar-refractivity contribution < 1.29 is 4.79 Å². The van der Waals surface area contributed by atoms with E-state index in [1.54, 1.807) is 49.5 Å². The minimum atomic E-state index is -0.467. The molecule has 6 nitrogen and oxygen atoms in total. The zero-order valence-corrected chi connectivity index (χ0v) is 12.2. The first-order valence-electron chi connectivity index (χ1n) is 6.50. The molecule has 1 heterocycles. The lowest BCUT2D eigenvalue weighted by molar-refractivity contribution is 0.103. The van der Waals surface area contributed by atoms with Gasteiger partial charge in [0, 0.05) is 38.1 Å². The van der Waals surface area contributed by atoms with Gasteiger partial charge in [0.05, 0.1) is 11.6 Å². The van der Waals surface area contributed by atoms with Gasteiger partial charge in [0.15, 0.2) is 5.69 Å². The Morgan fingerprint density at radius 2 is 2.00 bits per heavy atom. The van der Waals surface area contributed by atoms with Crippen LogP contribution in [-0.4, -0.2) is 35.0 Å². The summed E-state index contributed by atoms with van der Waals surface area (Å²) in [7, 11) is 3.54. The van der Waals surface area contributed by atoms with Gasteiger partial charge >= 0.3 is 0 Å². The molecule has 0 aliphatic rings. The van der Waals surface area contributed by atoms with E-state index in [2.05, 4.69) is 10.2 Å². The summed E-state index contributed by atoms with van der Waals surface area (Å²) in [4.78, 5) is 26.1. The topological polar surface area (TPSA) is 89.8 Å². The van der Waals surface area contributed by atoms with Crippen molar-refractivity contribution in [3.63, 3.8) is 0 Å². The SMILES string of the molecule is CN(C)C=CC(=O)c1n[nH]cc(-c2ccc(C#N)cc2)c1=O. The number of hydrogen-bond acceptors (Lipinski definition) is 5. The molecule has 1 aromatic carbocycles. The third-order valence-corrected chi connectivity index (χ3v) is 2.93. The number of aromatic nitrogens is 2. The van der Waals surface area contributed by atoms with Crippen LogP contribution in [0, 0.1) is 11.3 Å². The lowest BCUT2D eigenvalue weighted by Gasteiger charge is -2.04. The molecule has 0 saturated carbocycles. The predicted octanol–water partition coefficient (Wildman–Crippen LogP) is 1.57. The number of carbonyl (C=O) groups is 1. The van der Waals surface area contributed by atoms with Crippen LogP contribution >= 0.6 is 0 Å². The molecule has 0 spiro atoms. The van der Waals surface area contributed by atoms with Gasteiger partial charge in [-0.25, -0.2) is 0 Å². The summed E-state index contributed by atoms with van der Waals surface area (Å²) in [6.07, 6.45) is 4.29. The minimum Gasteiger partial charge on any atom is -0.383 e. The summed E-state index contributed by atoms with van der Waals surface area (Å²) in [5.74, 6) is -0.467. The highest BCUT2D eigenvalue weighted by molar-refractivity contribution is 6.03. The average Bonchev–Trinajstić information content (AvgIpc) is 2.53. The number of aromatic amines is 1. The molecular weight excluding hydrogens is 280 g/mol. The molecule has 2 aromatic rings. The molecular formula is C16H14N4O2. The van der Waals surface area contributed by atoms with E-state index in [4.69, 9.17) is 5.26 Å². The molecule has 1 N–H and O–H groups in total. The van der Waals surface area contributed by atoms with Crippen molar-refractivity contribution in [2.45, 2.75) is 0 Å². The number of nitrogens with one attached hydrogen (secondary N) is 1. The Labute approximate surface area is 127 Å². The van der Waals surface area contributed by atoms with Crippen molar-refractivity contribution in [2.75, 3.05) is 14.1 Å². The standard InChI is InChI=1S/C16H14N4O2/c1-20(2)8-7-14(21)15-16(22)13(10-18-19-15)12-5-3-11(9-17)4-6-12/h3-8,10H,1-2H3,(H,18,22). The Morgan fingerprint density at radius 3 is 2.59 bits per heavy atom. The number of ketones is 1. The van der Waals surface area contributed by atoms with E-state index >= 15 is 0 Å². The van der Waals surface area contributed by atoms with E-state index in [0.29, 0.717) is 16.7 Å². The third-order valence-electron chi connectivity index (χ3n) is 2.93. The normalized spacial score (nSPS) is 10.4. The van der Waals surface area contributed by atoms with Crippen LogP contribution in [0.25, 0.3) is 11.1 Å². The monoisotopic (exact) mass is 294 g/mol. The molecule has 0 aliphatic carbocycles. The summed E-state index contributed by atoms with van der Waals surface area (Å²) in [5, 5.41) is 15.1. The average molecular weight is 294 g/mol. The van der Waals surface area contributed by atoms with Gasteiger partial charge < -0.3 is 4.90 Å². The second kappa shape index (κ2) is 6.50. The lowest BCUT2D eigenvalue weighted by Crippen LogP contribution is -2.19. The second-order valence-electron chi connectivity index (χ2n) is 4.81. The fourth-order valence-electron chi connectivity index (χ4n) is 1.81. The van der Waals surface area contributed by atoms with E-state index < -0.39 is 11.2 Å². The molecule has 110 valence electrons. The van der Waals surface area contributed by atoms with E-state index in [1.165, 1.54) is 12.3 Å². The number of allylic oxidation sites excluding steroid dienone is 1. The zero-order chi connectivity index (χ0) is 16.1. The predicted molar refractivity (Wildman–Crippen MR) is 82.2 cm³/mol. The molecule has 0 bridgehead atoms. The number of nitrogens with zero attached hydrogens (tertiary/aromatic N) is 3. The number of rotatable bonds is 4. The van der Waals surface area contributed by atoms with Crippen LogP contribution < -0.4 is 5.43 Å². The molecule has 0 fully saturated rings. The van der Waals surface area contributed by atoms with Gasteiger partial charge in [-0.15, -0.1) is 0 Å². The van der Waals surface area contributed by atoms with Gasteiger partial charge in [-0.2, -0.15) is 10.4 Å². The highest BCUT2D eigenvalue weighted by Gasteiger charge is 2.14. The van der Waals surface area contributed by atoms with Crippen LogP contribution in [0.1, 0.15) is 16.1 Å². The Morgan fingerprint density at radius 1 is 1.32 bits per heavy atom. The van der Waals surface area contributed by atoms with E-state index in [-0.39, 0.29) is 5.69 Å². The first-order chi connectivity index (χ1) is 10.5. The summed E-state index contributed by atoms with van der Waals surface area (Å²) in [5.41, 5.74) is 0.839. The summed E-state index contributed by atoms with van der Waals surface area (Å²) < 4.78 is 0. The molecule has 0 aliphatic heterocycles. The van der Waals surface area contributed by atoms with Gasteiger partial charge in [-0.3, -0.25) is 14.7 Å². The summed E-state index contributed by atoms with van der Waals surface area (Å²) >= 11 is 0. The highest BCUT2D eigenvalue weighted by atomic mass is 16.1. The first-order valence-corrected chi connectivity index (χ1v) is 6.50. The highest BCUT2D eigenvalue weighted by Crippen LogP contribution is 2.15. The molecule has 6 heteroatoms. The van der Waals surface area contributed by atoms with Gasteiger partial charge in [0.2, 0.25) is 11.2 Å². The van der Waals surface area contributed by atoms with E-state index in [9.17, 15) is 9.59 Å². The summed E-state index contributed by atoms with van der Waals surface area (Å²) in [6, 6.07) is 8.56. The van der Waals surface area contributed by atoms with E-state index in [1.807, 2.05) is 6.07 Å².